The fraction of sp³-hybridized carbons (Fsp3) is 0.571. The Labute approximate surface area is 130 Å². The van der Waals surface area contributed by atoms with Crippen LogP contribution in [0.1, 0.15) is 38.5 Å². The summed E-state index contributed by atoms with van der Waals surface area (Å²) in [5.41, 5.74) is 5.50. The van der Waals surface area contributed by atoms with Crippen LogP contribution in [0.25, 0.3) is 0 Å². The molecule has 3 N–H and O–H groups in total. The quantitative estimate of drug-likeness (QED) is 0.487. The van der Waals surface area contributed by atoms with Gasteiger partial charge in [0, 0.05) is 24.2 Å². The summed E-state index contributed by atoms with van der Waals surface area (Å²) >= 11 is 0. The lowest BCUT2D eigenvalue weighted by Gasteiger charge is -2.28. The van der Waals surface area contributed by atoms with Crippen LogP contribution in [0, 0.1) is 10.1 Å². The molecule has 0 spiro atoms. The van der Waals surface area contributed by atoms with Gasteiger partial charge in [-0.2, -0.15) is 0 Å². The molecule has 1 fully saturated rings. The number of non-ortho nitro benzene ring substituents is 1. The van der Waals surface area contributed by atoms with Crippen molar-refractivity contribution in [2.75, 3.05) is 6.54 Å². The van der Waals surface area contributed by atoms with Crippen molar-refractivity contribution in [3.8, 4) is 0 Å². The van der Waals surface area contributed by atoms with Crippen molar-refractivity contribution in [1.29, 1.82) is 0 Å². The lowest BCUT2D eigenvalue weighted by Crippen LogP contribution is -2.49. The van der Waals surface area contributed by atoms with E-state index >= 15 is 0 Å². The van der Waals surface area contributed by atoms with E-state index in [-0.39, 0.29) is 17.1 Å². The third-order valence-corrected chi connectivity index (χ3v) is 5.45. The number of hydrogen-bond donors (Lipinski definition) is 2. The van der Waals surface area contributed by atoms with E-state index in [0.29, 0.717) is 0 Å². The van der Waals surface area contributed by atoms with E-state index in [0.717, 1.165) is 44.6 Å². The summed E-state index contributed by atoms with van der Waals surface area (Å²) < 4.78 is 27.1. The normalized spacial score (nSPS) is 18.6. The van der Waals surface area contributed by atoms with Crippen LogP contribution < -0.4 is 10.5 Å². The lowest BCUT2D eigenvalue weighted by atomic mass is 9.92. The molecule has 0 heterocycles. The minimum Gasteiger partial charge on any atom is -0.324 e. The van der Waals surface area contributed by atoms with Crippen LogP contribution in [0.3, 0.4) is 0 Å². The van der Waals surface area contributed by atoms with Gasteiger partial charge in [0.2, 0.25) is 10.0 Å². The van der Waals surface area contributed by atoms with Crippen molar-refractivity contribution >= 4 is 15.7 Å². The molecular weight excluding hydrogens is 306 g/mol. The Kier molecular flexibility index (Phi) is 5.15. The topological polar surface area (TPSA) is 115 Å². The minimum absolute atomic E-state index is 0.112. The molecule has 2 rings (SSSR count). The third kappa shape index (κ3) is 4.25. The Bertz CT molecular complexity index is 637. The Morgan fingerprint density at radius 3 is 2.45 bits per heavy atom. The highest BCUT2D eigenvalue weighted by Gasteiger charge is 2.28. The second-order valence-electron chi connectivity index (χ2n) is 5.86. The molecule has 7 nitrogen and oxygen atoms in total. The number of nitro groups is 1. The van der Waals surface area contributed by atoms with Crippen molar-refractivity contribution in [1.82, 2.24) is 4.72 Å². The first-order valence-electron chi connectivity index (χ1n) is 7.35. The van der Waals surface area contributed by atoms with Crippen LogP contribution in [0.15, 0.2) is 29.2 Å². The first-order valence-corrected chi connectivity index (χ1v) is 8.84. The van der Waals surface area contributed by atoms with E-state index in [1.165, 1.54) is 18.2 Å². The summed E-state index contributed by atoms with van der Waals surface area (Å²) in [5.74, 6) is 0. The van der Waals surface area contributed by atoms with E-state index in [1.807, 2.05) is 0 Å². The first kappa shape index (κ1) is 16.9. The van der Waals surface area contributed by atoms with Crippen LogP contribution >= 0.6 is 0 Å². The largest absolute Gasteiger partial charge is 0.324 e. The average Bonchev–Trinajstić information content (AvgIpc) is 2.71. The van der Waals surface area contributed by atoms with Crippen LogP contribution in [0.4, 0.5) is 5.69 Å². The predicted molar refractivity (Wildman–Crippen MR) is 82.9 cm³/mol. The molecule has 1 aromatic carbocycles. The summed E-state index contributed by atoms with van der Waals surface area (Å²) in [4.78, 5) is 10.0. The number of hydrogen-bond acceptors (Lipinski definition) is 5. The highest BCUT2D eigenvalue weighted by molar-refractivity contribution is 7.89. The molecule has 8 heteroatoms. The zero-order valence-corrected chi connectivity index (χ0v) is 13.1. The van der Waals surface area contributed by atoms with Crippen LogP contribution in [0.5, 0.6) is 0 Å². The molecule has 0 atom stereocenters. The number of nitro benzene ring substituents is 1. The Morgan fingerprint density at radius 2 is 1.86 bits per heavy atom. The Hall–Kier alpha value is -1.51. The summed E-state index contributed by atoms with van der Waals surface area (Å²) in [6.07, 6.45) is 5.80. The average molecular weight is 327 g/mol. The van der Waals surface area contributed by atoms with Gasteiger partial charge >= 0.3 is 0 Å². The van der Waals surface area contributed by atoms with Gasteiger partial charge in [0.15, 0.2) is 0 Å². The number of benzene rings is 1. The van der Waals surface area contributed by atoms with E-state index in [9.17, 15) is 18.5 Å². The van der Waals surface area contributed by atoms with Crippen LogP contribution in [0.2, 0.25) is 0 Å². The van der Waals surface area contributed by atoms with Gasteiger partial charge in [-0.15, -0.1) is 0 Å². The fourth-order valence-electron chi connectivity index (χ4n) is 2.70. The number of nitrogens with one attached hydrogen (secondary N) is 1. The van der Waals surface area contributed by atoms with E-state index < -0.39 is 20.5 Å². The van der Waals surface area contributed by atoms with Gasteiger partial charge in [-0.1, -0.05) is 31.7 Å². The van der Waals surface area contributed by atoms with Crippen molar-refractivity contribution < 1.29 is 13.3 Å². The summed E-state index contributed by atoms with van der Waals surface area (Å²) in [7, 11) is -3.80. The molecule has 0 aromatic heterocycles. The van der Waals surface area contributed by atoms with Crippen molar-refractivity contribution in [2.45, 2.75) is 49.0 Å². The SMILES string of the molecule is NC1(CNS(=O)(=O)c2cccc([N+](=O)[O-])c2)CCCCCC1. The van der Waals surface area contributed by atoms with Crippen LogP contribution in [-0.2, 0) is 10.0 Å². The molecule has 122 valence electrons. The molecule has 0 radical (unpaired) electrons. The molecule has 1 aromatic rings. The van der Waals surface area contributed by atoms with E-state index in [1.54, 1.807) is 0 Å². The smallest absolute Gasteiger partial charge is 0.270 e. The maximum absolute atomic E-state index is 12.3. The van der Waals surface area contributed by atoms with Gasteiger partial charge in [-0.3, -0.25) is 10.1 Å². The number of nitrogens with two attached hydrogens (primary N) is 1. The molecule has 0 aliphatic heterocycles. The minimum atomic E-state index is -3.80. The number of sulfonamides is 1. The summed E-state index contributed by atoms with van der Waals surface area (Å²) in [6, 6.07) is 5.01. The summed E-state index contributed by atoms with van der Waals surface area (Å²) in [5, 5.41) is 10.7. The van der Waals surface area contributed by atoms with Gasteiger partial charge < -0.3 is 5.73 Å². The standard InChI is InChI=1S/C14H21N3O4S/c15-14(8-3-1-2-4-9-14)11-16-22(20,21)13-7-5-6-12(10-13)17(18)19/h5-7,10,16H,1-4,8-9,11,15H2. The van der Waals surface area contributed by atoms with Gasteiger partial charge in [0.25, 0.3) is 5.69 Å². The lowest BCUT2D eigenvalue weighted by molar-refractivity contribution is -0.385. The third-order valence-electron chi connectivity index (χ3n) is 4.05. The second kappa shape index (κ2) is 6.72. The Balaban J connectivity index is 2.10. The van der Waals surface area contributed by atoms with Crippen molar-refractivity contribution in [3.05, 3.63) is 34.4 Å². The van der Waals surface area contributed by atoms with E-state index in [2.05, 4.69) is 4.72 Å². The predicted octanol–water partition coefficient (Wildman–Crippen LogP) is 1.92. The molecular formula is C14H21N3O4S. The summed E-state index contributed by atoms with van der Waals surface area (Å²) in [6.45, 7) is 0.151. The van der Waals surface area contributed by atoms with Crippen molar-refractivity contribution in [2.24, 2.45) is 5.73 Å². The number of nitrogens with zero attached hydrogens (tertiary/aromatic N) is 1. The Morgan fingerprint density at radius 1 is 1.23 bits per heavy atom. The van der Waals surface area contributed by atoms with Crippen LogP contribution in [-0.4, -0.2) is 25.4 Å². The highest BCUT2D eigenvalue weighted by atomic mass is 32.2. The highest BCUT2D eigenvalue weighted by Crippen LogP contribution is 2.25. The molecule has 0 amide bonds. The maximum atomic E-state index is 12.3. The van der Waals surface area contributed by atoms with Crippen molar-refractivity contribution in [3.63, 3.8) is 0 Å². The fourth-order valence-corrected chi connectivity index (χ4v) is 3.87. The zero-order valence-electron chi connectivity index (χ0n) is 12.3. The van der Waals surface area contributed by atoms with E-state index in [4.69, 9.17) is 5.73 Å². The molecule has 0 unspecified atom stereocenters. The van der Waals surface area contributed by atoms with Gasteiger partial charge in [-0.25, -0.2) is 13.1 Å². The maximum Gasteiger partial charge on any atom is 0.270 e. The molecule has 0 saturated heterocycles. The molecule has 1 saturated carbocycles. The second-order valence-corrected chi connectivity index (χ2v) is 7.62. The molecule has 22 heavy (non-hydrogen) atoms. The molecule has 1 aliphatic rings. The number of rotatable bonds is 5. The van der Waals surface area contributed by atoms with Gasteiger partial charge in [0.1, 0.15) is 0 Å². The zero-order chi connectivity index (χ0) is 16.2. The molecule has 0 bridgehead atoms. The molecule has 1 aliphatic carbocycles. The van der Waals surface area contributed by atoms with Gasteiger partial charge in [-0.05, 0) is 18.9 Å². The first-order chi connectivity index (χ1) is 10.3. The van der Waals surface area contributed by atoms with Gasteiger partial charge in [0.05, 0.1) is 9.82 Å². The monoisotopic (exact) mass is 327 g/mol.